The first-order chi connectivity index (χ1) is 10.4. The molecule has 0 fully saturated rings. The summed E-state index contributed by atoms with van der Waals surface area (Å²) in [5.74, 6) is 0.884. The molecule has 0 saturated heterocycles. The molecule has 0 radical (unpaired) electrons. The van der Waals surface area contributed by atoms with Crippen molar-refractivity contribution < 1.29 is 9.84 Å². The van der Waals surface area contributed by atoms with E-state index in [2.05, 4.69) is 35.2 Å². The van der Waals surface area contributed by atoms with Crippen LogP contribution in [-0.2, 0) is 6.54 Å². The Morgan fingerprint density at radius 1 is 1.05 bits per heavy atom. The van der Waals surface area contributed by atoms with Gasteiger partial charge < -0.3 is 9.84 Å². The van der Waals surface area contributed by atoms with Gasteiger partial charge in [-0.3, -0.25) is 4.90 Å². The first kappa shape index (κ1) is 16.5. The zero-order valence-electron chi connectivity index (χ0n) is 13.8. The number of para-hydroxylation sites is 1. The van der Waals surface area contributed by atoms with Gasteiger partial charge in [-0.25, -0.2) is 0 Å². The summed E-state index contributed by atoms with van der Waals surface area (Å²) in [5.41, 5.74) is 2.80. The first-order valence-electron chi connectivity index (χ1n) is 7.52. The molecule has 0 unspecified atom stereocenters. The van der Waals surface area contributed by atoms with Crippen molar-refractivity contribution in [2.45, 2.75) is 26.0 Å². The van der Waals surface area contributed by atoms with Crippen molar-refractivity contribution in [1.82, 2.24) is 4.90 Å². The molecule has 0 aliphatic rings. The third kappa shape index (κ3) is 4.58. The van der Waals surface area contributed by atoms with Crippen molar-refractivity contribution in [1.29, 1.82) is 0 Å². The van der Waals surface area contributed by atoms with Crippen molar-refractivity contribution in [2.24, 2.45) is 0 Å². The molecule has 3 heteroatoms. The van der Waals surface area contributed by atoms with E-state index in [0.717, 1.165) is 23.4 Å². The van der Waals surface area contributed by atoms with Gasteiger partial charge in [0, 0.05) is 18.7 Å². The van der Waals surface area contributed by atoms with E-state index in [-0.39, 0.29) is 0 Å². The Morgan fingerprint density at radius 2 is 1.68 bits per heavy atom. The van der Waals surface area contributed by atoms with Crippen molar-refractivity contribution in [2.75, 3.05) is 20.7 Å². The van der Waals surface area contributed by atoms with Crippen LogP contribution in [0.15, 0.2) is 48.5 Å². The summed E-state index contributed by atoms with van der Waals surface area (Å²) in [6, 6.07) is 16.5. The molecule has 0 saturated carbocycles. The Morgan fingerprint density at radius 3 is 2.27 bits per heavy atom. The highest BCUT2D eigenvalue weighted by atomic mass is 16.5. The molecule has 3 nitrogen and oxygen atoms in total. The highest BCUT2D eigenvalue weighted by Gasteiger charge is 2.15. The van der Waals surface area contributed by atoms with Crippen LogP contribution in [-0.4, -0.2) is 36.3 Å². The van der Waals surface area contributed by atoms with E-state index in [9.17, 15) is 5.11 Å². The summed E-state index contributed by atoms with van der Waals surface area (Å²) in [4.78, 5) is 2.12. The largest absolute Gasteiger partial charge is 0.496 e. The number of nitrogens with zero attached hydrogens (tertiary/aromatic N) is 1. The van der Waals surface area contributed by atoms with Crippen LogP contribution < -0.4 is 4.74 Å². The SMILES string of the molecule is COc1ccccc1-c1ccc(CN(C)CC(C)(C)O)cc1. The zero-order valence-corrected chi connectivity index (χ0v) is 13.8. The minimum absolute atomic E-state index is 0.640. The average Bonchev–Trinajstić information content (AvgIpc) is 2.46. The number of ether oxygens (including phenoxy) is 1. The third-order valence-electron chi connectivity index (χ3n) is 3.48. The molecule has 22 heavy (non-hydrogen) atoms. The topological polar surface area (TPSA) is 32.7 Å². The maximum atomic E-state index is 9.86. The van der Waals surface area contributed by atoms with Crippen LogP contribution in [0, 0.1) is 0 Å². The van der Waals surface area contributed by atoms with Crippen LogP contribution in [0.3, 0.4) is 0 Å². The number of rotatable bonds is 6. The second-order valence-electron chi connectivity index (χ2n) is 6.38. The minimum Gasteiger partial charge on any atom is -0.496 e. The van der Waals surface area contributed by atoms with Gasteiger partial charge >= 0.3 is 0 Å². The minimum atomic E-state index is -0.675. The molecular weight excluding hydrogens is 274 g/mol. The van der Waals surface area contributed by atoms with Crippen molar-refractivity contribution in [3.63, 3.8) is 0 Å². The summed E-state index contributed by atoms with van der Waals surface area (Å²) in [6.07, 6.45) is 0. The molecule has 2 aromatic carbocycles. The number of benzene rings is 2. The summed E-state index contributed by atoms with van der Waals surface area (Å²) in [7, 11) is 3.71. The summed E-state index contributed by atoms with van der Waals surface area (Å²) < 4.78 is 5.41. The standard InChI is InChI=1S/C19H25NO2/c1-19(2,21)14-20(3)13-15-9-11-16(12-10-15)17-7-5-6-8-18(17)22-4/h5-12,21H,13-14H2,1-4H3. The van der Waals surface area contributed by atoms with Crippen LogP contribution in [0.25, 0.3) is 11.1 Å². The van der Waals surface area contributed by atoms with E-state index in [1.165, 1.54) is 5.56 Å². The Labute approximate surface area is 133 Å². The Bertz CT molecular complexity index is 600. The summed E-state index contributed by atoms with van der Waals surface area (Å²) >= 11 is 0. The number of hydrogen-bond acceptors (Lipinski definition) is 3. The van der Waals surface area contributed by atoms with Gasteiger partial charge in [0.25, 0.3) is 0 Å². The van der Waals surface area contributed by atoms with Gasteiger partial charge in [0.1, 0.15) is 5.75 Å². The lowest BCUT2D eigenvalue weighted by Gasteiger charge is -2.25. The van der Waals surface area contributed by atoms with E-state index in [1.807, 2.05) is 39.1 Å². The van der Waals surface area contributed by atoms with E-state index < -0.39 is 5.60 Å². The molecule has 0 bridgehead atoms. The van der Waals surface area contributed by atoms with Crippen molar-refractivity contribution >= 4 is 0 Å². The van der Waals surface area contributed by atoms with Gasteiger partial charge in [-0.2, -0.15) is 0 Å². The number of hydrogen-bond donors (Lipinski definition) is 1. The van der Waals surface area contributed by atoms with Crippen LogP contribution in [0.5, 0.6) is 5.75 Å². The van der Waals surface area contributed by atoms with Gasteiger partial charge in [0.2, 0.25) is 0 Å². The maximum Gasteiger partial charge on any atom is 0.126 e. The lowest BCUT2D eigenvalue weighted by atomic mass is 10.0. The van der Waals surface area contributed by atoms with Crippen LogP contribution in [0.4, 0.5) is 0 Å². The second-order valence-corrected chi connectivity index (χ2v) is 6.38. The summed E-state index contributed by atoms with van der Waals surface area (Å²) in [6.45, 7) is 5.11. The lowest BCUT2D eigenvalue weighted by molar-refractivity contribution is 0.0425. The molecule has 2 aromatic rings. The maximum absolute atomic E-state index is 9.86. The van der Waals surface area contributed by atoms with E-state index in [0.29, 0.717) is 6.54 Å². The van der Waals surface area contributed by atoms with E-state index in [4.69, 9.17) is 4.74 Å². The molecule has 0 heterocycles. The quantitative estimate of drug-likeness (QED) is 0.885. The molecule has 0 aliphatic carbocycles. The molecule has 0 aromatic heterocycles. The zero-order chi connectivity index (χ0) is 16.2. The lowest BCUT2D eigenvalue weighted by Crippen LogP contribution is -2.35. The Hall–Kier alpha value is -1.84. The van der Waals surface area contributed by atoms with Gasteiger partial charge in [-0.05, 0) is 38.1 Å². The van der Waals surface area contributed by atoms with Gasteiger partial charge in [0.05, 0.1) is 12.7 Å². The van der Waals surface area contributed by atoms with E-state index >= 15 is 0 Å². The predicted molar refractivity (Wildman–Crippen MR) is 91.1 cm³/mol. The molecule has 0 aliphatic heterocycles. The Kier molecular flexibility index (Phi) is 5.22. The highest BCUT2D eigenvalue weighted by molar-refractivity contribution is 5.70. The number of aliphatic hydroxyl groups is 1. The molecule has 118 valence electrons. The van der Waals surface area contributed by atoms with E-state index in [1.54, 1.807) is 7.11 Å². The van der Waals surface area contributed by atoms with Crippen LogP contribution >= 0.6 is 0 Å². The summed E-state index contributed by atoms with van der Waals surface area (Å²) in [5, 5.41) is 9.86. The molecular formula is C19H25NO2. The van der Waals surface area contributed by atoms with Gasteiger partial charge in [-0.1, -0.05) is 42.5 Å². The van der Waals surface area contributed by atoms with Crippen LogP contribution in [0.2, 0.25) is 0 Å². The number of likely N-dealkylation sites (N-methyl/N-ethyl adjacent to an activating group) is 1. The average molecular weight is 299 g/mol. The fraction of sp³-hybridized carbons (Fsp3) is 0.368. The van der Waals surface area contributed by atoms with Crippen LogP contribution in [0.1, 0.15) is 19.4 Å². The fourth-order valence-corrected chi connectivity index (χ4v) is 2.70. The normalized spacial score (nSPS) is 11.7. The third-order valence-corrected chi connectivity index (χ3v) is 3.48. The first-order valence-corrected chi connectivity index (χ1v) is 7.52. The molecule has 2 rings (SSSR count). The van der Waals surface area contributed by atoms with Gasteiger partial charge in [-0.15, -0.1) is 0 Å². The molecule has 0 atom stereocenters. The Balaban J connectivity index is 2.10. The second kappa shape index (κ2) is 6.95. The molecule has 0 spiro atoms. The molecule has 0 amide bonds. The molecule has 1 N–H and O–H groups in total. The number of methoxy groups -OCH3 is 1. The highest BCUT2D eigenvalue weighted by Crippen LogP contribution is 2.29. The monoisotopic (exact) mass is 299 g/mol. The smallest absolute Gasteiger partial charge is 0.126 e. The fourth-order valence-electron chi connectivity index (χ4n) is 2.70. The van der Waals surface area contributed by atoms with Crippen molar-refractivity contribution in [3.05, 3.63) is 54.1 Å². The predicted octanol–water partition coefficient (Wildman–Crippen LogP) is 3.56. The van der Waals surface area contributed by atoms with Gasteiger partial charge in [0.15, 0.2) is 0 Å². The van der Waals surface area contributed by atoms with Crippen molar-refractivity contribution in [3.8, 4) is 16.9 Å².